The lowest BCUT2D eigenvalue weighted by Crippen LogP contribution is -2.07. The summed E-state index contributed by atoms with van der Waals surface area (Å²) in [5.41, 5.74) is 8.18. The minimum atomic E-state index is 0.535. The van der Waals surface area contributed by atoms with Gasteiger partial charge in [-0.25, -0.2) is 0 Å². The molecule has 102 valence electrons. The second-order valence-corrected chi connectivity index (χ2v) is 6.13. The van der Waals surface area contributed by atoms with Crippen molar-refractivity contribution in [3.8, 4) is 0 Å². The predicted molar refractivity (Wildman–Crippen MR) is 74.4 cm³/mol. The lowest BCUT2D eigenvalue weighted by atomic mass is 9.92. The van der Waals surface area contributed by atoms with E-state index < -0.39 is 0 Å². The van der Waals surface area contributed by atoms with Crippen molar-refractivity contribution in [3.05, 3.63) is 11.3 Å². The number of hydrogen-bond acceptors (Lipinski definition) is 3. The van der Waals surface area contributed by atoms with Crippen molar-refractivity contribution < 1.29 is 4.52 Å². The van der Waals surface area contributed by atoms with Crippen LogP contribution in [0.3, 0.4) is 0 Å². The molecular formula is C15H26N2O. The Morgan fingerprint density at radius 1 is 1.22 bits per heavy atom. The van der Waals surface area contributed by atoms with Crippen LogP contribution in [0.25, 0.3) is 0 Å². The number of anilines is 1. The Morgan fingerprint density at radius 3 is 2.50 bits per heavy atom. The maximum atomic E-state index is 5.90. The van der Waals surface area contributed by atoms with Gasteiger partial charge in [0.05, 0.1) is 5.69 Å². The first kappa shape index (κ1) is 13.4. The first-order valence-electron chi connectivity index (χ1n) is 7.39. The molecule has 1 heterocycles. The second-order valence-electron chi connectivity index (χ2n) is 6.13. The van der Waals surface area contributed by atoms with Crippen molar-refractivity contribution in [2.24, 2.45) is 11.8 Å². The zero-order chi connectivity index (χ0) is 13.0. The molecule has 0 atom stereocenters. The number of hydrogen-bond donors (Lipinski definition) is 1. The van der Waals surface area contributed by atoms with Gasteiger partial charge in [-0.1, -0.05) is 57.5 Å². The van der Waals surface area contributed by atoms with E-state index in [4.69, 9.17) is 10.3 Å². The van der Waals surface area contributed by atoms with E-state index in [1.807, 2.05) is 0 Å². The number of nitrogens with two attached hydrogens (primary N) is 1. The second kappa shape index (κ2) is 6.26. The van der Waals surface area contributed by atoms with Crippen LogP contribution in [0, 0.1) is 11.8 Å². The van der Waals surface area contributed by atoms with E-state index in [0.717, 1.165) is 30.0 Å². The molecule has 0 amide bonds. The summed E-state index contributed by atoms with van der Waals surface area (Å²) >= 11 is 0. The average molecular weight is 250 g/mol. The van der Waals surface area contributed by atoms with Crippen LogP contribution in [0.4, 0.5) is 5.88 Å². The molecule has 0 aromatic carbocycles. The van der Waals surface area contributed by atoms with Crippen molar-refractivity contribution in [1.82, 2.24) is 5.16 Å². The highest BCUT2D eigenvalue weighted by atomic mass is 16.5. The highest BCUT2D eigenvalue weighted by Gasteiger charge is 2.20. The van der Waals surface area contributed by atoms with Crippen LogP contribution in [0.5, 0.6) is 0 Å². The van der Waals surface area contributed by atoms with E-state index in [0.29, 0.717) is 11.8 Å². The molecular weight excluding hydrogens is 224 g/mol. The third kappa shape index (κ3) is 3.50. The van der Waals surface area contributed by atoms with E-state index in [-0.39, 0.29) is 0 Å². The van der Waals surface area contributed by atoms with E-state index in [1.54, 1.807) is 0 Å². The fourth-order valence-corrected chi connectivity index (χ4v) is 2.99. The van der Waals surface area contributed by atoms with Gasteiger partial charge in [0.2, 0.25) is 5.88 Å². The fraction of sp³-hybridized carbons (Fsp3) is 0.800. The SMILES string of the molecule is CC(C)Cc1c(CC2CCCCCC2)noc1N. The molecule has 1 aromatic heterocycles. The molecule has 1 aromatic rings. The van der Waals surface area contributed by atoms with Crippen LogP contribution < -0.4 is 5.73 Å². The maximum absolute atomic E-state index is 5.90. The Kier molecular flexibility index (Phi) is 4.67. The van der Waals surface area contributed by atoms with Crippen molar-refractivity contribution in [1.29, 1.82) is 0 Å². The van der Waals surface area contributed by atoms with Crippen molar-refractivity contribution in [2.75, 3.05) is 5.73 Å². The third-order valence-electron chi connectivity index (χ3n) is 3.97. The van der Waals surface area contributed by atoms with Gasteiger partial charge in [0.1, 0.15) is 0 Å². The molecule has 0 unspecified atom stereocenters. The van der Waals surface area contributed by atoms with Crippen LogP contribution in [-0.2, 0) is 12.8 Å². The molecule has 1 aliphatic carbocycles. The highest BCUT2D eigenvalue weighted by Crippen LogP contribution is 2.29. The lowest BCUT2D eigenvalue weighted by molar-refractivity contribution is 0.403. The minimum absolute atomic E-state index is 0.535. The molecule has 0 saturated heterocycles. The zero-order valence-electron chi connectivity index (χ0n) is 11.7. The summed E-state index contributed by atoms with van der Waals surface area (Å²) in [5, 5.41) is 4.19. The van der Waals surface area contributed by atoms with E-state index in [2.05, 4.69) is 19.0 Å². The van der Waals surface area contributed by atoms with Gasteiger partial charge < -0.3 is 10.3 Å². The van der Waals surface area contributed by atoms with E-state index in [9.17, 15) is 0 Å². The Balaban J connectivity index is 2.03. The van der Waals surface area contributed by atoms with Crippen LogP contribution in [0.2, 0.25) is 0 Å². The molecule has 0 bridgehead atoms. The summed E-state index contributed by atoms with van der Waals surface area (Å²) in [7, 11) is 0. The van der Waals surface area contributed by atoms with Gasteiger partial charge in [-0.3, -0.25) is 0 Å². The number of nitrogen functional groups attached to an aromatic ring is 1. The predicted octanol–water partition coefficient (Wildman–Crippen LogP) is 3.97. The molecule has 1 saturated carbocycles. The number of aromatic nitrogens is 1. The number of nitrogens with zero attached hydrogens (tertiary/aromatic N) is 1. The van der Waals surface area contributed by atoms with Gasteiger partial charge in [0, 0.05) is 5.56 Å². The van der Waals surface area contributed by atoms with Gasteiger partial charge in [0.25, 0.3) is 0 Å². The quantitative estimate of drug-likeness (QED) is 0.823. The summed E-state index contributed by atoms with van der Waals surface area (Å²) < 4.78 is 5.20. The van der Waals surface area contributed by atoms with Crippen LogP contribution in [0.15, 0.2) is 4.52 Å². The summed E-state index contributed by atoms with van der Waals surface area (Å²) in [6.07, 6.45) is 10.3. The van der Waals surface area contributed by atoms with Crippen molar-refractivity contribution >= 4 is 5.88 Å². The van der Waals surface area contributed by atoms with Crippen LogP contribution >= 0.6 is 0 Å². The monoisotopic (exact) mass is 250 g/mol. The normalized spacial score (nSPS) is 18.2. The molecule has 0 aliphatic heterocycles. The van der Waals surface area contributed by atoms with Gasteiger partial charge in [-0.15, -0.1) is 0 Å². The molecule has 2 N–H and O–H groups in total. The summed E-state index contributed by atoms with van der Waals surface area (Å²) in [6.45, 7) is 4.42. The van der Waals surface area contributed by atoms with E-state index >= 15 is 0 Å². The molecule has 3 nitrogen and oxygen atoms in total. The fourth-order valence-electron chi connectivity index (χ4n) is 2.99. The summed E-state index contributed by atoms with van der Waals surface area (Å²) in [4.78, 5) is 0. The van der Waals surface area contributed by atoms with Gasteiger partial charge in [0.15, 0.2) is 0 Å². The first-order valence-corrected chi connectivity index (χ1v) is 7.39. The molecule has 0 radical (unpaired) electrons. The molecule has 1 fully saturated rings. The van der Waals surface area contributed by atoms with Gasteiger partial charge in [-0.05, 0) is 24.7 Å². The van der Waals surface area contributed by atoms with Crippen molar-refractivity contribution in [2.45, 2.75) is 65.2 Å². The molecule has 2 rings (SSSR count). The van der Waals surface area contributed by atoms with Crippen molar-refractivity contribution in [3.63, 3.8) is 0 Å². The first-order chi connectivity index (χ1) is 8.66. The zero-order valence-corrected chi connectivity index (χ0v) is 11.7. The van der Waals surface area contributed by atoms with Gasteiger partial charge >= 0.3 is 0 Å². The average Bonchev–Trinajstić information content (AvgIpc) is 2.57. The topological polar surface area (TPSA) is 52.0 Å². The largest absolute Gasteiger partial charge is 0.367 e. The van der Waals surface area contributed by atoms with E-state index in [1.165, 1.54) is 38.5 Å². The Labute approximate surface area is 110 Å². The molecule has 1 aliphatic rings. The Morgan fingerprint density at radius 2 is 1.89 bits per heavy atom. The highest BCUT2D eigenvalue weighted by molar-refractivity contribution is 5.39. The third-order valence-corrected chi connectivity index (χ3v) is 3.97. The summed E-state index contributed by atoms with van der Waals surface area (Å²) in [6, 6.07) is 0. The Bertz CT molecular complexity index is 363. The maximum Gasteiger partial charge on any atom is 0.225 e. The van der Waals surface area contributed by atoms with Crippen LogP contribution in [0.1, 0.15) is 63.6 Å². The molecule has 3 heteroatoms. The van der Waals surface area contributed by atoms with Gasteiger partial charge in [-0.2, -0.15) is 0 Å². The standard InChI is InChI=1S/C15H26N2O/c1-11(2)9-13-14(17-18-15(13)16)10-12-7-5-3-4-6-8-12/h11-12H,3-10,16H2,1-2H3. The lowest BCUT2D eigenvalue weighted by Gasteiger charge is -2.13. The smallest absolute Gasteiger partial charge is 0.225 e. The van der Waals surface area contributed by atoms with Crippen LogP contribution in [-0.4, -0.2) is 5.16 Å². The minimum Gasteiger partial charge on any atom is -0.367 e. The number of rotatable bonds is 4. The molecule has 18 heavy (non-hydrogen) atoms. The molecule has 0 spiro atoms. The summed E-state index contributed by atoms with van der Waals surface area (Å²) in [5.74, 6) is 1.91. The Hall–Kier alpha value is -0.990.